The Morgan fingerprint density at radius 3 is 2.65 bits per heavy atom. The molecule has 0 spiro atoms. The summed E-state index contributed by atoms with van der Waals surface area (Å²) in [6.07, 6.45) is -1.03. The highest BCUT2D eigenvalue weighted by Gasteiger charge is 2.23. The van der Waals surface area contributed by atoms with Crippen molar-refractivity contribution >= 4 is 33.4 Å². The van der Waals surface area contributed by atoms with Gasteiger partial charge in [0, 0.05) is 0 Å². The highest BCUT2D eigenvalue weighted by atomic mass is 32.1. The lowest BCUT2D eigenvalue weighted by Crippen LogP contribution is -2.30. The van der Waals surface area contributed by atoms with Crippen molar-refractivity contribution in [3.05, 3.63) is 26.6 Å². The molecule has 8 heteroatoms. The van der Waals surface area contributed by atoms with E-state index in [4.69, 9.17) is 10.5 Å². The van der Waals surface area contributed by atoms with Crippen LogP contribution in [0.2, 0.25) is 0 Å². The number of nitrogens with two attached hydrogens (primary N) is 1. The Morgan fingerprint density at radius 1 is 1.40 bits per heavy atom. The Kier molecular flexibility index (Phi) is 3.58. The van der Waals surface area contributed by atoms with Crippen LogP contribution in [0.5, 0.6) is 0 Å². The summed E-state index contributed by atoms with van der Waals surface area (Å²) in [5, 5.41) is 0.360. The first-order valence-electron chi connectivity index (χ1n) is 5.81. The summed E-state index contributed by atoms with van der Waals surface area (Å²) in [5.41, 5.74) is 5.22. The first-order valence-corrected chi connectivity index (χ1v) is 6.63. The molecule has 0 aliphatic rings. The van der Waals surface area contributed by atoms with Crippen molar-refractivity contribution in [3.63, 3.8) is 0 Å². The highest BCUT2D eigenvalue weighted by Crippen LogP contribution is 2.27. The van der Waals surface area contributed by atoms with Crippen LogP contribution in [0, 0.1) is 13.8 Å². The van der Waals surface area contributed by atoms with Gasteiger partial charge >= 0.3 is 5.97 Å². The summed E-state index contributed by atoms with van der Waals surface area (Å²) in [6, 6.07) is 0. The molecule has 106 valence electrons. The van der Waals surface area contributed by atoms with Crippen LogP contribution < -0.4 is 11.3 Å². The Balaban J connectivity index is 2.48. The zero-order valence-electron chi connectivity index (χ0n) is 11.1. The predicted octanol–water partition coefficient (Wildman–Crippen LogP) is 0.632. The first-order chi connectivity index (χ1) is 9.31. The molecule has 0 bridgehead atoms. The summed E-state index contributed by atoms with van der Waals surface area (Å²) in [7, 11) is 0. The molecule has 7 nitrogen and oxygen atoms in total. The number of amides is 1. The molecular formula is C12H13N3O4S. The van der Waals surface area contributed by atoms with Gasteiger partial charge in [0.05, 0.1) is 5.39 Å². The molecule has 2 aromatic rings. The van der Waals surface area contributed by atoms with Gasteiger partial charge < -0.3 is 15.5 Å². The van der Waals surface area contributed by atoms with E-state index >= 15 is 0 Å². The molecule has 3 N–H and O–H groups in total. The fourth-order valence-corrected chi connectivity index (χ4v) is 2.83. The predicted molar refractivity (Wildman–Crippen MR) is 73.8 cm³/mol. The van der Waals surface area contributed by atoms with Gasteiger partial charge in [0.25, 0.3) is 11.5 Å². The van der Waals surface area contributed by atoms with Crippen molar-refractivity contribution in [2.24, 2.45) is 5.73 Å². The summed E-state index contributed by atoms with van der Waals surface area (Å²) in [4.78, 5) is 42.2. The number of rotatable bonds is 3. The first kappa shape index (κ1) is 14.2. The number of H-pyrrole nitrogens is 1. The number of hydrogen-bond acceptors (Lipinski definition) is 6. The van der Waals surface area contributed by atoms with Crippen molar-refractivity contribution in [2.75, 3.05) is 0 Å². The largest absolute Gasteiger partial charge is 0.448 e. The topological polar surface area (TPSA) is 115 Å². The third-order valence-corrected chi connectivity index (χ3v) is 3.95. The van der Waals surface area contributed by atoms with E-state index in [1.165, 1.54) is 6.92 Å². The van der Waals surface area contributed by atoms with E-state index in [-0.39, 0.29) is 10.4 Å². The van der Waals surface area contributed by atoms with Crippen LogP contribution in [0.4, 0.5) is 0 Å². The van der Waals surface area contributed by atoms with E-state index < -0.39 is 18.0 Å². The number of aryl methyl sites for hydroxylation is 2. The zero-order valence-corrected chi connectivity index (χ0v) is 12.0. The molecule has 0 aliphatic carbocycles. The molecule has 2 aromatic heterocycles. The van der Waals surface area contributed by atoms with Crippen molar-refractivity contribution in [2.45, 2.75) is 26.9 Å². The molecule has 0 aliphatic heterocycles. The standard InChI is InChI=1S/C12H13N3O4S/c1-4-7-10(17)14-6(3)15-11(7)20-8(4)12(18)19-5(2)9(13)16/h5H,1-3H3,(H2,13,16)(H,14,15,17)/t5-/m0/s1. The van der Waals surface area contributed by atoms with E-state index in [1.807, 2.05) is 0 Å². The van der Waals surface area contributed by atoms with Gasteiger partial charge in [-0.2, -0.15) is 0 Å². The SMILES string of the molecule is Cc1nc2sc(C(=O)O[C@@H](C)C(N)=O)c(C)c2c(=O)[nH]1. The number of esters is 1. The monoisotopic (exact) mass is 295 g/mol. The third kappa shape index (κ3) is 2.42. The number of carbonyl (C=O) groups excluding carboxylic acids is 2. The zero-order chi connectivity index (χ0) is 15.0. The van der Waals surface area contributed by atoms with Crippen LogP contribution in [0.25, 0.3) is 10.2 Å². The molecule has 0 unspecified atom stereocenters. The quantitative estimate of drug-likeness (QED) is 0.806. The van der Waals surface area contributed by atoms with E-state index in [2.05, 4.69) is 9.97 Å². The van der Waals surface area contributed by atoms with E-state index in [0.29, 0.717) is 21.6 Å². The second-order valence-electron chi connectivity index (χ2n) is 4.34. The maximum Gasteiger partial charge on any atom is 0.349 e. The van der Waals surface area contributed by atoms with E-state index in [9.17, 15) is 14.4 Å². The van der Waals surface area contributed by atoms with Crippen LogP contribution in [-0.2, 0) is 9.53 Å². The summed E-state index contributed by atoms with van der Waals surface area (Å²) in [6.45, 7) is 4.68. The molecule has 2 heterocycles. The lowest BCUT2D eigenvalue weighted by Gasteiger charge is -2.08. The minimum Gasteiger partial charge on any atom is -0.448 e. The van der Waals surface area contributed by atoms with Crippen molar-refractivity contribution in [3.8, 4) is 0 Å². The molecule has 2 rings (SSSR count). The number of aromatic amines is 1. The second kappa shape index (κ2) is 5.04. The van der Waals surface area contributed by atoms with Crippen molar-refractivity contribution in [1.29, 1.82) is 0 Å². The number of primary amides is 1. The number of ether oxygens (including phenoxy) is 1. The van der Waals surface area contributed by atoms with Gasteiger partial charge in [-0.3, -0.25) is 9.59 Å². The van der Waals surface area contributed by atoms with Gasteiger partial charge in [-0.15, -0.1) is 11.3 Å². The maximum atomic E-state index is 12.0. The van der Waals surface area contributed by atoms with Crippen LogP contribution in [0.3, 0.4) is 0 Å². The van der Waals surface area contributed by atoms with Gasteiger partial charge in [-0.1, -0.05) is 0 Å². The van der Waals surface area contributed by atoms with Gasteiger partial charge in [0.2, 0.25) is 0 Å². The number of fused-ring (bicyclic) bond motifs is 1. The Hall–Kier alpha value is -2.22. The minimum atomic E-state index is -1.03. The Bertz CT molecular complexity index is 762. The van der Waals surface area contributed by atoms with Crippen LogP contribution in [0.15, 0.2) is 4.79 Å². The van der Waals surface area contributed by atoms with E-state index in [1.54, 1.807) is 13.8 Å². The molecule has 0 saturated carbocycles. The summed E-state index contributed by atoms with van der Waals surface area (Å²) >= 11 is 1.06. The third-order valence-electron chi connectivity index (χ3n) is 2.79. The fourth-order valence-electron chi connectivity index (χ4n) is 1.72. The number of carbonyl (C=O) groups is 2. The van der Waals surface area contributed by atoms with Gasteiger partial charge in [-0.25, -0.2) is 9.78 Å². The van der Waals surface area contributed by atoms with Crippen LogP contribution in [0.1, 0.15) is 28.0 Å². The van der Waals surface area contributed by atoms with Gasteiger partial charge in [0.15, 0.2) is 6.10 Å². The normalized spacial score (nSPS) is 12.3. The van der Waals surface area contributed by atoms with E-state index in [0.717, 1.165) is 11.3 Å². The second-order valence-corrected chi connectivity index (χ2v) is 5.34. The fraction of sp³-hybridized carbons (Fsp3) is 0.333. The van der Waals surface area contributed by atoms with Crippen molar-refractivity contribution < 1.29 is 14.3 Å². The summed E-state index contributed by atoms with van der Waals surface area (Å²) in [5.74, 6) is -0.952. The number of hydrogen-bond donors (Lipinski definition) is 2. The number of thiophene rings is 1. The molecule has 0 fully saturated rings. The van der Waals surface area contributed by atoms with Gasteiger partial charge in [0.1, 0.15) is 15.5 Å². The highest BCUT2D eigenvalue weighted by molar-refractivity contribution is 7.20. The molecule has 1 atom stereocenters. The average molecular weight is 295 g/mol. The van der Waals surface area contributed by atoms with Gasteiger partial charge in [-0.05, 0) is 26.3 Å². The molecule has 0 saturated heterocycles. The number of aromatic nitrogens is 2. The lowest BCUT2D eigenvalue weighted by molar-refractivity contribution is -0.125. The smallest absolute Gasteiger partial charge is 0.349 e. The average Bonchev–Trinajstić information content (AvgIpc) is 2.66. The molecule has 1 amide bonds. The van der Waals surface area contributed by atoms with Crippen molar-refractivity contribution in [1.82, 2.24) is 9.97 Å². The Morgan fingerprint density at radius 2 is 2.05 bits per heavy atom. The maximum absolute atomic E-state index is 12.0. The Labute approximate surface area is 117 Å². The molecule has 20 heavy (non-hydrogen) atoms. The number of nitrogens with zero attached hydrogens (tertiary/aromatic N) is 1. The number of nitrogens with one attached hydrogen (secondary N) is 1. The van der Waals surface area contributed by atoms with Crippen LogP contribution >= 0.6 is 11.3 Å². The molecular weight excluding hydrogens is 282 g/mol. The molecule has 0 radical (unpaired) electrons. The minimum absolute atomic E-state index is 0.247. The summed E-state index contributed by atoms with van der Waals surface area (Å²) < 4.78 is 4.94. The van der Waals surface area contributed by atoms with Crippen LogP contribution in [-0.4, -0.2) is 27.9 Å². The lowest BCUT2D eigenvalue weighted by atomic mass is 10.2. The molecule has 0 aromatic carbocycles.